The van der Waals surface area contributed by atoms with Gasteiger partial charge in [-0.3, -0.25) is 14.4 Å². The van der Waals surface area contributed by atoms with Crippen LogP contribution in [-0.2, 0) is 23.9 Å². The van der Waals surface area contributed by atoms with Gasteiger partial charge in [0.15, 0.2) is 0 Å². The Balaban J connectivity index is 1.96. The predicted molar refractivity (Wildman–Crippen MR) is 108 cm³/mol. The molecule has 0 unspecified atom stereocenters. The molecule has 0 heterocycles. The van der Waals surface area contributed by atoms with Gasteiger partial charge in [0.1, 0.15) is 5.78 Å². The second-order valence-electron chi connectivity index (χ2n) is 7.75. The number of Topliss-reactive ketones (excluding diaryl/α,β-unsaturated/α-hetero) is 1. The van der Waals surface area contributed by atoms with E-state index < -0.39 is 0 Å². The SMILES string of the molecule is CCCC(=O)NCCOCCOCCC(=O)NC1CCC(C(=O)C(C)C)CC1. The number of carbonyl (C=O) groups is 3. The maximum absolute atomic E-state index is 12.0. The van der Waals surface area contributed by atoms with E-state index in [0.717, 1.165) is 32.1 Å². The third-order valence-electron chi connectivity index (χ3n) is 4.95. The van der Waals surface area contributed by atoms with E-state index in [1.807, 2.05) is 20.8 Å². The second-order valence-corrected chi connectivity index (χ2v) is 7.75. The van der Waals surface area contributed by atoms with E-state index in [1.165, 1.54) is 0 Å². The van der Waals surface area contributed by atoms with Crippen molar-refractivity contribution >= 4 is 17.6 Å². The summed E-state index contributed by atoms with van der Waals surface area (Å²) in [6.45, 7) is 8.07. The highest BCUT2D eigenvalue weighted by Gasteiger charge is 2.28. The molecule has 0 aromatic rings. The van der Waals surface area contributed by atoms with Gasteiger partial charge in [-0.1, -0.05) is 20.8 Å². The highest BCUT2D eigenvalue weighted by atomic mass is 16.5. The summed E-state index contributed by atoms with van der Waals surface area (Å²) < 4.78 is 10.8. The van der Waals surface area contributed by atoms with Crippen LogP contribution in [0.5, 0.6) is 0 Å². The zero-order valence-corrected chi connectivity index (χ0v) is 17.8. The van der Waals surface area contributed by atoms with Gasteiger partial charge in [0.25, 0.3) is 0 Å². The largest absolute Gasteiger partial charge is 0.379 e. The second kappa shape index (κ2) is 14.5. The molecule has 0 bridgehead atoms. The lowest BCUT2D eigenvalue weighted by atomic mass is 9.80. The molecule has 162 valence electrons. The van der Waals surface area contributed by atoms with Crippen molar-refractivity contribution < 1.29 is 23.9 Å². The lowest BCUT2D eigenvalue weighted by Gasteiger charge is -2.29. The van der Waals surface area contributed by atoms with Crippen molar-refractivity contribution in [3.63, 3.8) is 0 Å². The van der Waals surface area contributed by atoms with Gasteiger partial charge in [-0.15, -0.1) is 0 Å². The minimum absolute atomic E-state index is 0.00167. The van der Waals surface area contributed by atoms with E-state index in [9.17, 15) is 14.4 Å². The quantitative estimate of drug-likeness (QED) is 0.438. The number of hydrogen-bond donors (Lipinski definition) is 2. The normalized spacial score (nSPS) is 19.4. The van der Waals surface area contributed by atoms with Crippen LogP contribution in [0.1, 0.15) is 65.7 Å². The number of amides is 2. The first-order valence-electron chi connectivity index (χ1n) is 10.7. The van der Waals surface area contributed by atoms with Crippen LogP contribution in [0.4, 0.5) is 0 Å². The Kier molecular flexibility index (Phi) is 12.7. The Bertz CT molecular complexity index is 473. The Morgan fingerprint density at radius 3 is 2.14 bits per heavy atom. The molecule has 1 saturated carbocycles. The van der Waals surface area contributed by atoms with Gasteiger partial charge in [0, 0.05) is 37.3 Å². The first-order chi connectivity index (χ1) is 13.4. The minimum atomic E-state index is -0.00167. The highest BCUT2D eigenvalue weighted by Crippen LogP contribution is 2.27. The maximum Gasteiger partial charge on any atom is 0.222 e. The summed E-state index contributed by atoms with van der Waals surface area (Å²) in [6, 6.07) is 0.176. The molecular formula is C21H38N2O5. The lowest BCUT2D eigenvalue weighted by molar-refractivity contribution is -0.127. The van der Waals surface area contributed by atoms with Crippen LogP contribution >= 0.6 is 0 Å². The topological polar surface area (TPSA) is 93.7 Å². The third-order valence-corrected chi connectivity index (χ3v) is 4.95. The van der Waals surface area contributed by atoms with E-state index in [-0.39, 0.29) is 29.7 Å². The van der Waals surface area contributed by atoms with Crippen LogP contribution in [0.25, 0.3) is 0 Å². The van der Waals surface area contributed by atoms with Gasteiger partial charge in [-0.2, -0.15) is 0 Å². The summed E-state index contributed by atoms with van der Waals surface area (Å²) in [4.78, 5) is 35.3. The molecule has 0 aliphatic heterocycles. The standard InChI is InChI=1S/C21H38N2O5/c1-4-5-19(24)22-11-13-28-15-14-27-12-10-20(25)23-18-8-6-17(7-9-18)21(26)16(2)3/h16-18H,4-15H2,1-3H3,(H,22,24)(H,23,25). The molecule has 0 aromatic heterocycles. The van der Waals surface area contributed by atoms with Crippen LogP contribution < -0.4 is 10.6 Å². The molecule has 0 radical (unpaired) electrons. The number of carbonyl (C=O) groups excluding carboxylic acids is 3. The lowest BCUT2D eigenvalue weighted by Crippen LogP contribution is -2.39. The summed E-state index contributed by atoms with van der Waals surface area (Å²) in [7, 11) is 0. The zero-order valence-electron chi connectivity index (χ0n) is 17.8. The molecule has 0 spiro atoms. The van der Waals surface area contributed by atoms with Crippen LogP contribution in [0.3, 0.4) is 0 Å². The van der Waals surface area contributed by atoms with E-state index in [1.54, 1.807) is 0 Å². The summed E-state index contributed by atoms with van der Waals surface area (Å²) >= 11 is 0. The molecule has 1 rings (SSSR count). The van der Waals surface area contributed by atoms with Crippen molar-refractivity contribution in [2.45, 2.75) is 71.8 Å². The summed E-state index contributed by atoms with van der Waals surface area (Å²) in [5, 5.41) is 5.82. The summed E-state index contributed by atoms with van der Waals surface area (Å²) in [5.41, 5.74) is 0. The van der Waals surface area contributed by atoms with Crippen LogP contribution in [0, 0.1) is 11.8 Å². The first kappa shape index (κ1) is 24.6. The van der Waals surface area contributed by atoms with Gasteiger partial charge in [-0.25, -0.2) is 0 Å². The smallest absolute Gasteiger partial charge is 0.222 e. The van der Waals surface area contributed by atoms with Crippen LogP contribution in [-0.4, -0.2) is 56.6 Å². The number of hydrogen-bond acceptors (Lipinski definition) is 5. The van der Waals surface area contributed by atoms with Crippen molar-refractivity contribution in [1.82, 2.24) is 10.6 Å². The van der Waals surface area contributed by atoms with Gasteiger partial charge in [0.2, 0.25) is 11.8 Å². The highest BCUT2D eigenvalue weighted by molar-refractivity contribution is 5.83. The molecule has 0 saturated heterocycles. The van der Waals surface area contributed by atoms with Gasteiger partial charge in [-0.05, 0) is 32.1 Å². The molecule has 7 heteroatoms. The Morgan fingerprint density at radius 2 is 1.54 bits per heavy atom. The fourth-order valence-corrected chi connectivity index (χ4v) is 3.36. The van der Waals surface area contributed by atoms with Crippen molar-refractivity contribution in [1.29, 1.82) is 0 Å². The molecule has 2 amide bonds. The fourth-order valence-electron chi connectivity index (χ4n) is 3.36. The molecule has 0 atom stereocenters. The summed E-state index contributed by atoms with van der Waals surface area (Å²) in [5.74, 6) is 0.656. The van der Waals surface area contributed by atoms with E-state index >= 15 is 0 Å². The molecule has 7 nitrogen and oxygen atoms in total. The average molecular weight is 399 g/mol. The Labute approximate surface area is 169 Å². The number of ether oxygens (including phenoxy) is 2. The van der Waals surface area contributed by atoms with Crippen LogP contribution in [0.15, 0.2) is 0 Å². The minimum Gasteiger partial charge on any atom is -0.379 e. The Hall–Kier alpha value is -1.47. The number of rotatable bonds is 14. The zero-order chi connectivity index (χ0) is 20.8. The number of ketones is 1. The monoisotopic (exact) mass is 398 g/mol. The van der Waals surface area contributed by atoms with Crippen molar-refractivity contribution in [2.24, 2.45) is 11.8 Å². The van der Waals surface area contributed by atoms with E-state index in [4.69, 9.17) is 9.47 Å². The van der Waals surface area contributed by atoms with E-state index in [2.05, 4.69) is 10.6 Å². The van der Waals surface area contributed by atoms with Crippen molar-refractivity contribution in [3.05, 3.63) is 0 Å². The van der Waals surface area contributed by atoms with Gasteiger partial charge < -0.3 is 20.1 Å². The fraction of sp³-hybridized carbons (Fsp3) is 0.857. The maximum atomic E-state index is 12.0. The molecule has 2 N–H and O–H groups in total. The Morgan fingerprint density at radius 1 is 0.893 bits per heavy atom. The third kappa shape index (κ3) is 10.8. The predicted octanol–water partition coefficient (Wildman–Crippen LogP) is 2.23. The van der Waals surface area contributed by atoms with Crippen molar-refractivity contribution in [3.8, 4) is 0 Å². The number of nitrogens with one attached hydrogen (secondary N) is 2. The van der Waals surface area contributed by atoms with E-state index in [0.29, 0.717) is 51.6 Å². The molecular weight excluding hydrogens is 360 g/mol. The molecule has 1 aliphatic rings. The van der Waals surface area contributed by atoms with Gasteiger partial charge >= 0.3 is 0 Å². The average Bonchev–Trinajstić information content (AvgIpc) is 2.66. The summed E-state index contributed by atoms with van der Waals surface area (Å²) in [6.07, 6.45) is 5.20. The molecule has 28 heavy (non-hydrogen) atoms. The van der Waals surface area contributed by atoms with Crippen LogP contribution in [0.2, 0.25) is 0 Å². The first-order valence-corrected chi connectivity index (χ1v) is 10.7. The molecule has 1 aliphatic carbocycles. The van der Waals surface area contributed by atoms with Gasteiger partial charge in [0.05, 0.1) is 26.4 Å². The molecule has 0 aromatic carbocycles. The molecule has 1 fully saturated rings. The van der Waals surface area contributed by atoms with Crippen molar-refractivity contribution in [2.75, 3.05) is 33.0 Å².